The van der Waals surface area contributed by atoms with E-state index in [0.717, 1.165) is 0 Å². The molecule has 0 saturated carbocycles. The van der Waals surface area contributed by atoms with Gasteiger partial charge >= 0.3 is 61.3 Å². The molecule has 0 aliphatic rings. The Balaban J connectivity index is 2.99. The second-order valence-electron chi connectivity index (χ2n) is 0.841. The van der Waals surface area contributed by atoms with Crippen molar-refractivity contribution in [1.29, 1.82) is 0 Å². The molecule has 0 aromatic rings. The summed E-state index contributed by atoms with van der Waals surface area (Å²) in [6.07, 6.45) is 0.538. The van der Waals surface area contributed by atoms with Gasteiger partial charge in [-0.05, 0) is 0 Å². The number of nitrogens with one attached hydrogen (secondary N) is 1. The Labute approximate surface area is 60.9 Å². The summed E-state index contributed by atoms with van der Waals surface area (Å²) in [4.78, 5) is 10.0. The molecule has 3 heteroatoms. The minimum absolute atomic E-state index is 0.0185. The number of carbonyl (C=O) groups excluding carboxylic acids is 1. The number of carbonyl (C=O) groups is 1. The number of hydrogen-bond donors (Lipinski definition) is 1. The molecule has 44 valence electrons. The normalized spacial score (nSPS) is 7.83. The Morgan fingerprint density at radius 2 is 2.50 bits per heavy atom. The van der Waals surface area contributed by atoms with Crippen molar-refractivity contribution in [1.82, 2.24) is 1.92 Å². The summed E-state index contributed by atoms with van der Waals surface area (Å²) < 4.78 is 2.31. The third-order valence-corrected chi connectivity index (χ3v) is 0.855. The van der Waals surface area contributed by atoms with Gasteiger partial charge in [-0.25, -0.2) is 0 Å². The van der Waals surface area contributed by atoms with Crippen LogP contribution in [0.15, 0.2) is 0 Å². The molecule has 0 aromatic heterocycles. The van der Waals surface area contributed by atoms with Crippen LogP contribution in [0.2, 0.25) is 0 Å². The van der Waals surface area contributed by atoms with Crippen LogP contribution < -0.4 is 1.92 Å². The van der Waals surface area contributed by atoms with E-state index in [4.69, 9.17) is 0 Å². The summed E-state index contributed by atoms with van der Waals surface area (Å²) in [5.74, 6) is 0.0185. The zero-order valence-electron chi connectivity index (χ0n) is 3.37. The summed E-state index contributed by atoms with van der Waals surface area (Å²) in [6.45, 7) is 1.79. The topological polar surface area (TPSA) is 29.1 Å². The summed E-state index contributed by atoms with van der Waals surface area (Å²) in [5.41, 5.74) is 0. The van der Waals surface area contributed by atoms with Crippen molar-refractivity contribution < 1.29 is 40.1 Å². The molecule has 0 spiro atoms. The zero-order valence-corrected chi connectivity index (χ0v) is 5.03. The fourth-order valence-electron chi connectivity index (χ4n) is 0.0456. The van der Waals surface area contributed by atoms with Crippen LogP contribution in [0.1, 0.15) is 13.3 Å². The summed E-state index contributed by atoms with van der Waals surface area (Å²) in [6, 6.07) is 0. The number of rotatable bonds is 1. The van der Waals surface area contributed by atoms with Gasteiger partial charge in [-0.2, -0.15) is 0 Å². The molecule has 0 aliphatic heterocycles. The van der Waals surface area contributed by atoms with Crippen LogP contribution >= 0.6 is 0 Å². The number of hydrogen-bond acceptors (Lipinski definition) is 1. The monoisotopic (exact) mass is 247 g/mol. The molecule has 2 nitrogen and oxygen atoms in total. The summed E-state index contributed by atoms with van der Waals surface area (Å²) in [7, 11) is 0. The Bertz CT molecular complexity index is 48.8. The molecular formula is C3H6LuNO. The maximum absolute atomic E-state index is 10.0. The van der Waals surface area contributed by atoms with E-state index in [1.54, 1.807) is 6.92 Å². The van der Waals surface area contributed by atoms with E-state index in [9.17, 15) is 4.79 Å². The Morgan fingerprint density at radius 1 is 2.00 bits per heavy atom. The van der Waals surface area contributed by atoms with E-state index in [1.807, 2.05) is 0 Å². The fraction of sp³-hybridized carbons (Fsp3) is 0.667. The van der Waals surface area contributed by atoms with Crippen molar-refractivity contribution in [3.63, 3.8) is 0 Å². The van der Waals surface area contributed by atoms with Gasteiger partial charge in [-0.3, -0.25) is 0 Å². The van der Waals surface area contributed by atoms with Crippen molar-refractivity contribution in [2.75, 3.05) is 0 Å². The molecule has 0 aromatic carbocycles. The van der Waals surface area contributed by atoms with E-state index in [2.05, 4.69) is 37.2 Å². The van der Waals surface area contributed by atoms with Gasteiger partial charge in [-0.15, -0.1) is 0 Å². The fourth-order valence-corrected chi connectivity index (χ4v) is 0.339. The van der Waals surface area contributed by atoms with Gasteiger partial charge < -0.3 is 0 Å². The van der Waals surface area contributed by atoms with Crippen molar-refractivity contribution in [2.45, 2.75) is 13.3 Å². The first kappa shape index (κ1) is 6.70. The van der Waals surface area contributed by atoms with Crippen molar-refractivity contribution >= 4 is 5.91 Å². The Kier molecular flexibility index (Phi) is 4.33. The van der Waals surface area contributed by atoms with Crippen LogP contribution in [0.5, 0.6) is 0 Å². The minimum atomic E-state index is 0.0185. The molecule has 0 atom stereocenters. The molecule has 0 fully saturated rings. The third kappa shape index (κ3) is 2.92. The van der Waals surface area contributed by atoms with Gasteiger partial charge in [0.15, 0.2) is 0 Å². The van der Waals surface area contributed by atoms with Crippen LogP contribution in [-0.2, 0) is 4.79 Å². The molecule has 1 amide bonds. The average molecular weight is 247 g/mol. The molecule has 0 saturated heterocycles. The quantitative estimate of drug-likeness (QED) is 0.693. The standard InChI is InChI=1S/C3H7NO.Lu/c1-2-3(4)5;/h2H2,1H3,(H2,4,5);/q;+1/p-1. The third-order valence-electron chi connectivity index (χ3n) is 0.393. The molecule has 0 heterocycles. The molecule has 1 N–H and O–H groups in total. The molecule has 0 aliphatic carbocycles. The van der Waals surface area contributed by atoms with E-state index >= 15 is 0 Å². The summed E-state index contributed by atoms with van der Waals surface area (Å²) in [5, 5.41) is 0. The van der Waals surface area contributed by atoms with Crippen LogP contribution in [-0.4, -0.2) is 5.91 Å². The Hall–Kier alpha value is 0.704. The van der Waals surface area contributed by atoms with Crippen LogP contribution in [0.4, 0.5) is 0 Å². The first-order valence-electron chi connectivity index (χ1n) is 1.64. The summed E-state index contributed by atoms with van der Waals surface area (Å²) >= 11 is 2.65. The van der Waals surface area contributed by atoms with Crippen LogP contribution in [0.3, 0.4) is 0 Å². The van der Waals surface area contributed by atoms with Crippen molar-refractivity contribution in [3.05, 3.63) is 0 Å². The van der Waals surface area contributed by atoms with Gasteiger partial charge in [0.2, 0.25) is 0 Å². The van der Waals surface area contributed by atoms with Gasteiger partial charge in [0.05, 0.1) is 0 Å². The van der Waals surface area contributed by atoms with Crippen molar-refractivity contribution in [3.8, 4) is 0 Å². The molecule has 0 unspecified atom stereocenters. The van der Waals surface area contributed by atoms with Gasteiger partial charge in [0.25, 0.3) is 0 Å². The predicted molar refractivity (Wildman–Crippen MR) is 18.4 cm³/mol. The van der Waals surface area contributed by atoms with Crippen molar-refractivity contribution in [2.24, 2.45) is 0 Å². The van der Waals surface area contributed by atoms with E-state index in [0.29, 0.717) is 6.42 Å². The maximum atomic E-state index is 10.0. The van der Waals surface area contributed by atoms with E-state index in [1.165, 1.54) is 0 Å². The second kappa shape index (κ2) is 3.88. The van der Waals surface area contributed by atoms with Gasteiger partial charge in [-0.1, -0.05) is 0 Å². The molecular weight excluding hydrogens is 241 g/mol. The average Bonchev–Trinajstić information content (AvgIpc) is 1.65. The van der Waals surface area contributed by atoms with Crippen LogP contribution in [0, 0.1) is 35.3 Å². The first-order valence-corrected chi connectivity index (χ1v) is 2.47. The number of amides is 1. The second-order valence-corrected chi connectivity index (χ2v) is 1.26. The van der Waals surface area contributed by atoms with Gasteiger partial charge in [0.1, 0.15) is 0 Å². The first-order chi connectivity index (χ1) is 2.81. The SMILES string of the molecule is CCC(=O)[NH][Lu]. The van der Waals surface area contributed by atoms with Gasteiger partial charge in [0, 0.05) is 0 Å². The predicted octanol–water partition coefficient (Wildman–Crippen LogP) is -0.0231. The Morgan fingerprint density at radius 3 is 2.50 bits per heavy atom. The van der Waals surface area contributed by atoms with E-state index < -0.39 is 0 Å². The molecule has 0 bridgehead atoms. The molecule has 0 rings (SSSR count). The van der Waals surface area contributed by atoms with Crippen LogP contribution in [0.25, 0.3) is 0 Å². The zero-order chi connectivity index (χ0) is 4.99. The molecule has 6 heavy (non-hydrogen) atoms. The van der Waals surface area contributed by atoms with E-state index in [-0.39, 0.29) is 5.91 Å². The molecule has 0 radical (unpaired) electrons.